The van der Waals surface area contributed by atoms with Crippen molar-refractivity contribution in [2.45, 2.75) is 6.42 Å². The van der Waals surface area contributed by atoms with Crippen LogP contribution >= 0.6 is 0 Å². The average Bonchev–Trinajstić information content (AvgIpc) is 2.92. The number of nitrogens with zero attached hydrogens (tertiary/aromatic N) is 2. The van der Waals surface area contributed by atoms with Crippen molar-refractivity contribution in [3.8, 4) is 17.2 Å². The van der Waals surface area contributed by atoms with Crippen molar-refractivity contribution in [2.75, 3.05) is 53.7 Å². The molecule has 3 rings (SSSR count). The van der Waals surface area contributed by atoms with Gasteiger partial charge in [0.25, 0.3) is 5.91 Å². The van der Waals surface area contributed by atoms with Gasteiger partial charge in [-0.2, -0.15) is 5.10 Å². The summed E-state index contributed by atoms with van der Waals surface area (Å²) in [6, 6.07) is 12.3. The SMILES string of the molecule is COc1ccc(CCNC(=O)C(=O)N/N=C\c2ccc(OCC(=O)N3CCOCC3)cc2)cc1OC. The number of amides is 3. The number of hydrogen-bond donors (Lipinski definition) is 2. The van der Waals surface area contributed by atoms with Crippen LogP contribution in [0.5, 0.6) is 17.2 Å². The summed E-state index contributed by atoms with van der Waals surface area (Å²) in [5.74, 6) is -0.0141. The lowest BCUT2D eigenvalue weighted by Crippen LogP contribution is -2.42. The normalized spacial score (nSPS) is 13.2. The van der Waals surface area contributed by atoms with Crippen molar-refractivity contribution in [3.05, 3.63) is 53.6 Å². The van der Waals surface area contributed by atoms with Crippen LogP contribution < -0.4 is 25.0 Å². The van der Waals surface area contributed by atoms with E-state index in [1.54, 1.807) is 49.5 Å². The lowest BCUT2D eigenvalue weighted by Gasteiger charge is -2.26. The van der Waals surface area contributed by atoms with Crippen LogP contribution in [0.4, 0.5) is 0 Å². The molecule has 36 heavy (non-hydrogen) atoms. The summed E-state index contributed by atoms with van der Waals surface area (Å²) in [5.41, 5.74) is 3.79. The lowest BCUT2D eigenvalue weighted by molar-refractivity contribution is -0.139. The van der Waals surface area contributed by atoms with E-state index < -0.39 is 11.8 Å². The fourth-order valence-electron chi connectivity index (χ4n) is 3.35. The molecule has 0 aromatic heterocycles. The second-order valence-corrected chi connectivity index (χ2v) is 7.75. The monoisotopic (exact) mass is 498 g/mol. The Bertz CT molecular complexity index is 1070. The molecular weight excluding hydrogens is 468 g/mol. The van der Waals surface area contributed by atoms with E-state index in [0.717, 1.165) is 5.56 Å². The first-order valence-electron chi connectivity index (χ1n) is 11.4. The van der Waals surface area contributed by atoms with Gasteiger partial charge in [-0.3, -0.25) is 14.4 Å². The smallest absolute Gasteiger partial charge is 0.329 e. The Hall–Kier alpha value is -4.12. The largest absolute Gasteiger partial charge is 0.493 e. The number of rotatable bonds is 10. The third kappa shape index (κ3) is 7.98. The van der Waals surface area contributed by atoms with Gasteiger partial charge in [-0.1, -0.05) is 6.07 Å². The average molecular weight is 499 g/mol. The van der Waals surface area contributed by atoms with Crippen LogP contribution in [0.25, 0.3) is 0 Å². The lowest BCUT2D eigenvalue weighted by atomic mass is 10.1. The molecule has 1 heterocycles. The molecule has 1 aliphatic heterocycles. The molecule has 0 bridgehead atoms. The molecule has 0 radical (unpaired) electrons. The van der Waals surface area contributed by atoms with Crippen LogP contribution in [0.1, 0.15) is 11.1 Å². The summed E-state index contributed by atoms with van der Waals surface area (Å²) in [6.07, 6.45) is 1.91. The van der Waals surface area contributed by atoms with E-state index in [2.05, 4.69) is 15.8 Å². The minimum Gasteiger partial charge on any atom is -0.493 e. The Morgan fingerprint density at radius 1 is 1.00 bits per heavy atom. The summed E-state index contributed by atoms with van der Waals surface area (Å²) in [5, 5.41) is 6.35. The summed E-state index contributed by atoms with van der Waals surface area (Å²) in [4.78, 5) is 37.8. The second-order valence-electron chi connectivity index (χ2n) is 7.75. The Kier molecular flexibility index (Phi) is 10.1. The van der Waals surface area contributed by atoms with Gasteiger partial charge in [0.05, 0.1) is 33.6 Å². The first-order chi connectivity index (χ1) is 17.5. The summed E-state index contributed by atoms with van der Waals surface area (Å²) in [7, 11) is 3.10. The minimum atomic E-state index is -0.875. The van der Waals surface area contributed by atoms with Gasteiger partial charge in [0.15, 0.2) is 18.1 Å². The van der Waals surface area contributed by atoms with Crippen LogP contribution in [-0.4, -0.2) is 82.5 Å². The van der Waals surface area contributed by atoms with Gasteiger partial charge in [0, 0.05) is 19.6 Å². The molecule has 0 saturated carbocycles. The van der Waals surface area contributed by atoms with E-state index in [9.17, 15) is 14.4 Å². The maximum absolute atomic E-state index is 12.1. The number of carbonyl (C=O) groups excluding carboxylic acids is 3. The zero-order valence-corrected chi connectivity index (χ0v) is 20.3. The highest BCUT2D eigenvalue weighted by atomic mass is 16.5. The number of nitrogens with one attached hydrogen (secondary N) is 2. The topological polar surface area (TPSA) is 128 Å². The van der Waals surface area contributed by atoms with Crippen molar-refractivity contribution in [2.24, 2.45) is 5.10 Å². The van der Waals surface area contributed by atoms with Crippen LogP contribution in [0.3, 0.4) is 0 Å². The molecule has 3 amide bonds. The van der Waals surface area contributed by atoms with Gasteiger partial charge < -0.3 is 29.2 Å². The molecular formula is C25H30N4O7. The molecule has 1 aliphatic rings. The molecule has 0 atom stereocenters. The van der Waals surface area contributed by atoms with Gasteiger partial charge in [-0.15, -0.1) is 0 Å². The van der Waals surface area contributed by atoms with Crippen molar-refractivity contribution < 1.29 is 33.3 Å². The summed E-state index contributed by atoms with van der Waals surface area (Å²) < 4.78 is 21.2. The molecule has 192 valence electrons. The van der Waals surface area contributed by atoms with Crippen molar-refractivity contribution >= 4 is 23.9 Å². The van der Waals surface area contributed by atoms with Gasteiger partial charge in [0.2, 0.25) is 0 Å². The maximum atomic E-state index is 12.1. The van der Waals surface area contributed by atoms with Gasteiger partial charge >= 0.3 is 11.8 Å². The quantitative estimate of drug-likeness (QED) is 0.281. The predicted molar refractivity (Wildman–Crippen MR) is 131 cm³/mol. The minimum absolute atomic E-state index is 0.0510. The fraction of sp³-hybridized carbons (Fsp3) is 0.360. The van der Waals surface area contributed by atoms with E-state index in [1.807, 2.05) is 12.1 Å². The van der Waals surface area contributed by atoms with Crippen LogP contribution in [0.15, 0.2) is 47.6 Å². The second kappa shape index (κ2) is 13.7. The first kappa shape index (κ1) is 26.5. The predicted octanol–water partition coefficient (Wildman–Crippen LogP) is 0.750. The van der Waals surface area contributed by atoms with E-state index >= 15 is 0 Å². The molecule has 2 N–H and O–H groups in total. The third-order valence-corrected chi connectivity index (χ3v) is 5.34. The number of hydrogen-bond acceptors (Lipinski definition) is 8. The molecule has 1 saturated heterocycles. The summed E-state index contributed by atoms with van der Waals surface area (Å²) in [6.45, 7) is 2.43. The molecule has 11 heteroatoms. The zero-order chi connectivity index (χ0) is 25.8. The maximum Gasteiger partial charge on any atom is 0.329 e. The zero-order valence-electron chi connectivity index (χ0n) is 20.3. The fourth-order valence-corrected chi connectivity index (χ4v) is 3.35. The number of hydrazone groups is 1. The van der Waals surface area contributed by atoms with Crippen molar-refractivity contribution in [1.29, 1.82) is 0 Å². The van der Waals surface area contributed by atoms with Crippen LogP contribution in [-0.2, 0) is 25.5 Å². The molecule has 0 aliphatic carbocycles. The molecule has 2 aromatic carbocycles. The highest BCUT2D eigenvalue weighted by Crippen LogP contribution is 2.27. The van der Waals surface area contributed by atoms with E-state index in [1.165, 1.54) is 6.21 Å². The molecule has 2 aromatic rings. The third-order valence-electron chi connectivity index (χ3n) is 5.34. The van der Waals surface area contributed by atoms with E-state index in [-0.39, 0.29) is 19.1 Å². The van der Waals surface area contributed by atoms with Crippen molar-refractivity contribution in [1.82, 2.24) is 15.6 Å². The number of carbonyl (C=O) groups is 3. The van der Waals surface area contributed by atoms with Gasteiger partial charge in [-0.25, -0.2) is 5.43 Å². The Morgan fingerprint density at radius 2 is 1.72 bits per heavy atom. The highest BCUT2D eigenvalue weighted by molar-refractivity contribution is 6.35. The first-order valence-corrected chi connectivity index (χ1v) is 11.4. The molecule has 0 spiro atoms. The van der Waals surface area contributed by atoms with Crippen LogP contribution in [0.2, 0.25) is 0 Å². The number of ether oxygens (including phenoxy) is 4. The Balaban J connectivity index is 1.37. The number of morpholine rings is 1. The molecule has 1 fully saturated rings. The number of benzene rings is 2. The van der Waals surface area contributed by atoms with Gasteiger partial charge in [-0.05, 0) is 53.9 Å². The van der Waals surface area contributed by atoms with E-state index in [4.69, 9.17) is 18.9 Å². The molecule has 0 unspecified atom stereocenters. The van der Waals surface area contributed by atoms with E-state index in [0.29, 0.717) is 55.5 Å². The van der Waals surface area contributed by atoms with Gasteiger partial charge in [0.1, 0.15) is 5.75 Å². The summed E-state index contributed by atoms with van der Waals surface area (Å²) >= 11 is 0. The molecule has 11 nitrogen and oxygen atoms in total. The highest BCUT2D eigenvalue weighted by Gasteiger charge is 2.17. The number of methoxy groups -OCH3 is 2. The van der Waals surface area contributed by atoms with Crippen molar-refractivity contribution in [3.63, 3.8) is 0 Å². The van der Waals surface area contributed by atoms with Crippen LogP contribution in [0, 0.1) is 0 Å². The Morgan fingerprint density at radius 3 is 2.42 bits per heavy atom. The Labute approximate surface area is 209 Å². The standard InChI is InChI=1S/C25H30N4O7/c1-33-21-8-5-18(15-22(21)34-2)9-10-26-24(31)25(32)28-27-16-19-3-6-20(7-4-19)36-17-23(30)29-11-13-35-14-12-29/h3-8,15-16H,9-14,17H2,1-2H3,(H,26,31)(H,28,32)/b27-16-.